The van der Waals surface area contributed by atoms with Gasteiger partial charge in [-0.25, -0.2) is 4.90 Å². The van der Waals surface area contributed by atoms with E-state index in [4.69, 9.17) is 0 Å². The zero-order chi connectivity index (χ0) is 17.9. The first-order valence-electron chi connectivity index (χ1n) is 7.71. The van der Waals surface area contributed by atoms with Crippen LogP contribution in [0.4, 0.5) is 18.9 Å². The standard InChI is InChI=1S/C17H18F3NO3/c1-15(2)12-8-9-16(15,3)14(23)21(13(12)22)10-4-6-11(7-5-10)24-17(18,19)20/h4-7,12H,8-9H2,1-3H3/t12-,16-/m1/s1. The molecule has 1 aliphatic heterocycles. The first kappa shape index (κ1) is 16.8. The molecule has 24 heavy (non-hydrogen) atoms. The van der Waals surface area contributed by atoms with E-state index in [9.17, 15) is 22.8 Å². The second-order valence-electron chi connectivity index (χ2n) is 7.17. The number of rotatable bonds is 2. The maximum absolute atomic E-state index is 12.9. The zero-order valence-corrected chi connectivity index (χ0v) is 13.6. The van der Waals surface area contributed by atoms with Crippen LogP contribution >= 0.6 is 0 Å². The van der Waals surface area contributed by atoms with Crippen LogP contribution in [-0.4, -0.2) is 18.2 Å². The number of anilines is 1. The lowest BCUT2D eigenvalue weighted by Gasteiger charge is -2.47. The number of piperidine rings is 1. The molecule has 1 saturated carbocycles. The summed E-state index contributed by atoms with van der Waals surface area (Å²) in [7, 11) is 0. The molecule has 3 rings (SSSR count). The number of alkyl halides is 3. The number of benzene rings is 1. The lowest BCUT2D eigenvalue weighted by molar-refractivity contribution is -0.274. The van der Waals surface area contributed by atoms with E-state index in [-0.39, 0.29) is 23.4 Å². The molecule has 0 unspecified atom stereocenters. The van der Waals surface area contributed by atoms with Gasteiger partial charge in [-0.3, -0.25) is 9.59 Å². The Balaban J connectivity index is 1.93. The summed E-state index contributed by atoms with van der Waals surface area (Å²) in [6.45, 7) is 5.71. The van der Waals surface area contributed by atoms with Crippen LogP contribution in [0.25, 0.3) is 0 Å². The molecule has 1 aromatic carbocycles. The van der Waals surface area contributed by atoms with Gasteiger partial charge in [0.05, 0.1) is 11.1 Å². The summed E-state index contributed by atoms with van der Waals surface area (Å²) in [5, 5.41) is 0. The lowest BCUT2D eigenvalue weighted by Crippen LogP contribution is -2.59. The Morgan fingerprint density at radius 2 is 1.71 bits per heavy atom. The minimum atomic E-state index is -4.78. The highest BCUT2D eigenvalue weighted by atomic mass is 19.4. The van der Waals surface area contributed by atoms with Crippen molar-refractivity contribution in [2.75, 3.05) is 4.90 Å². The molecule has 2 amide bonds. The normalized spacial score (nSPS) is 29.1. The minimum Gasteiger partial charge on any atom is -0.406 e. The number of hydrogen-bond acceptors (Lipinski definition) is 3. The number of amides is 2. The van der Waals surface area contributed by atoms with Gasteiger partial charge in [0, 0.05) is 5.92 Å². The van der Waals surface area contributed by atoms with Crippen LogP contribution in [0, 0.1) is 16.7 Å². The molecule has 4 nitrogen and oxygen atoms in total. The molecule has 7 heteroatoms. The monoisotopic (exact) mass is 341 g/mol. The van der Waals surface area contributed by atoms with Gasteiger partial charge in [0.1, 0.15) is 5.75 Å². The van der Waals surface area contributed by atoms with Crippen molar-refractivity contribution in [2.45, 2.75) is 40.0 Å². The predicted octanol–water partition coefficient (Wildman–Crippen LogP) is 3.90. The first-order chi connectivity index (χ1) is 11.0. The van der Waals surface area contributed by atoms with E-state index >= 15 is 0 Å². The van der Waals surface area contributed by atoms with Gasteiger partial charge in [0.25, 0.3) is 0 Å². The van der Waals surface area contributed by atoms with Crippen molar-refractivity contribution in [1.29, 1.82) is 0 Å². The van der Waals surface area contributed by atoms with E-state index in [0.717, 1.165) is 17.0 Å². The Hall–Kier alpha value is -2.05. The maximum Gasteiger partial charge on any atom is 0.573 e. The predicted molar refractivity (Wildman–Crippen MR) is 80.2 cm³/mol. The second kappa shape index (κ2) is 4.97. The smallest absolute Gasteiger partial charge is 0.406 e. The number of carbonyl (C=O) groups excluding carboxylic acids is 2. The van der Waals surface area contributed by atoms with Crippen LogP contribution in [0.2, 0.25) is 0 Å². The second-order valence-corrected chi connectivity index (χ2v) is 7.17. The van der Waals surface area contributed by atoms with Gasteiger partial charge in [-0.15, -0.1) is 13.2 Å². The molecule has 0 N–H and O–H groups in total. The van der Waals surface area contributed by atoms with E-state index in [1.54, 1.807) is 0 Å². The van der Waals surface area contributed by atoms with E-state index in [2.05, 4.69) is 4.74 Å². The van der Waals surface area contributed by atoms with Gasteiger partial charge < -0.3 is 4.74 Å². The maximum atomic E-state index is 12.9. The van der Waals surface area contributed by atoms with Crippen molar-refractivity contribution in [2.24, 2.45) is 16.7 Å². The Morgan fingerprint density at radius 3 is 2.25 bits per heavy atom. The molecule has 1 aliphatic carbocycles. The van der Waals surface area contributed by atoms with E-state index in [0.29, 0.717) is 12.8 Å². The average molecular weight is 341 g/mol. The SMILES string of the molecule is CC1(C)[C@@H]2CC[C@]1(C)C(=O)N(c1ccc(OC(F)(F)F)cc1)C2=O. The fourth-order valence-corrected chi connectivity index (χ4v) is 3.86. The van der Waals surface area contributed by atoms with Gasteiger partial charge in [-0.2, -0.15) is 0 Å². The van der Waals surface area contributed by atoms with E-state index in [1.165, 1.54) is 12.1 Å². The largest absolute Gasteiger partial charge is 0.573 e. The minimum absolute atomic E-state index is 0.271. The fourth-order valence-electron chi connectivity index (χ4n) is 3.86. The third-order valence-electron chi connectivity index (χ3n) is 5.75. The summed E-state index contributed by atoms with van der Waals surface area (Å²) >= 11 is 0. The van der Waals surface area contributed by atoms with E-state index < -0.39 is 22.9 Å². The quantitative estimate of drug-likeness (QED) is 0.767. The van der Waals surface area contributed by atoms with Crippen LogP contribution in [0.5, 0.6) is 5.75 Å². The highest BCUT2D eigenvalue weighted by molar-refractivity contribution is 6.20. The molecule has 1 aromatic rings. The van der Waals surface area contributed by atoms with Gasteiger partial charge in [-0.1, -0.05) is 20.8 Å². The summed E-state index contributed by atoms with van der Waals surface area (Å²) in [5.74, 6) is -1.25. The highest BCUT2D eigenvalue weighted by Crippen LogP contribution is 2.60. The number of halogens is 3. The highest BCUT2D eigenvalue weighted by Gasteiger charge is 2.64. The molecule has 0 aromatic heterocycles. The first-order valence-corrected chi connectivity index (χ1v) is 7.71. The van der Waals surface area contributed by atoms with Crippen LogP contribution in [0.1, 0.15) is 33.6 Å². The Bertz CT molecular complexity index is 696. The number of hydrogen-bond donors (Lipinski definition) is 0. The Morgan fingerprint density at radius 1 is 1.12 bits per heavy atom. The molecule has 2 bridgehead atoms. The molecule has 1 heterocycles. The lowest BCUT2D eigenvalue weighted by atomic mass is 9.62. The third kappa shape index (κ3) is 2.29. The van der Waals surface area contributed by atoms with Gasteiger partial charge in [-0.05, 0) is 42.5 Å². The topological polar surface area (TPSA) is 46.6 Å². The molecule has 2 aliphatic rings. The molecule has 0 radical (unpaired) electrons. The molecular weight excluding hydrogens is 323 g/mol. The van der Waals surface area contributed by atoms with Crippen molar-refractivity contribution in [1.82, 2.24) is 0 Å². The Kier molecular flexibility index (Phi) is 3.48. The van der Waals surface area contributed by atoms with Crippen molar-refractivity contribution < 1.29 is 27.5 Å². The van der Waals surface area contributed by atoms with Crippen LogP contribution in [-0.2, 0) is 9.59 Å². The molecule has 2 fully saturated rings. The number of ether oxygens (including phenoxy) is 1. The average Bonchev–Trinajstić information content (AvgIpc) is 2.64. The summed E-state index contributed by atoms with van der Waals surface area (Å²) in [6.07, 6.45) is -3.52. The fraction of sp³-hybridized carbons (Fsp3) is 0.529. The molecular formula is C17H18F3NO3. The Labute approximate surface area is 137 Å². The number of fused-ring (bicyclic) bond motifs is 2. The molecule has 0 spiro atoms. The molecule has 2 atom stereocenters. The summed E-state index contributed by atoms with van der Waals surface area (Å²) in [6, 6.07) is 4.82. The number of nitrogens with zero attached hydrogens (tertiary/aromatic N) is 1. The summed E-state index contributed by atoms with van der Waals surface area (Å²) in [5.41, 5.74) is -0.822. The summed E-state index contributed by atoms with van der Waals surface area (Å²) in [4.78, 5) is 26.8. The van der Waals surface area contributed by atoms with Gasteiger partial charge >= 0.3 is 6.36 Å². The number of imide groups is 1. The van der Waals surface area contributed by atoms with Crippen LogP contribution in [0.15, 0.2) is 24.3 Å². The van der Waals surface area contributed by atoms with Crippen molar-refractivity contribution in [3.8, 4) is 5.75 Å². The molecule has 130 valence electrons. The molecule has 1 saturated heterocycles. The van der Waals surface area contributed by atoms with Crippen molar-refractivity contribution in [3.05, 3.63) is 24.3 Å². The zero-order valence-electron chi connectivity index (χ0n) is 13.6. The van der Waals surface area contributed by atoms with Crippen molar-refractivity contribution >= 4 is 17.5 Å². The number of carbonyl (C=O) groups is 2. The van der Waals surface area contributed by atoms with Crippen LogP contribution in [0.3, 0.4) is 0 Å². The van der Waals surface area contributed by atoms with E-state index in [1.807, 2.05) is 20.8 Å². The summed E-state index contributed by atoms with van der Waals surface area (Å²) < 4.78 is 40.5. The van der Waals surface area contributed by atoms with Gasteiger partial charge in [0.2, 0.25) is 11.8 Å². The van der Waals surface area contributed by atoms with Gasteiger partial charge in [0.15, 0.2) is 0 Å². The van der Waals surface area contributed by atoms with Crippen LogP contribution < -0.4 is 9.64 Å². The third-order valence-corrected chi connectivity index (χ3v) is 5.75. The van der Waals surface area contributed by atoms with Crippen molar-refractivity contribution in [3.63, 3.8) is 0 Å².